The molecular formula is C14H15Cl2NO3. The lowest BCUT2D eigenvalue weighted by Gasteiger charge is -2.21. The average molecular weight is 316 g/mol. The van der Waals surface area contributed by atoms with Crippen molar-refractivity contribution < 1.29 is 14.3 Å². The number of halogens is 2. The molecule has 4 nitrogen and oxygen atoms in total. The maximum absolute atomic E-state index is 12.4. The summed E-state index contributed by atoms with van der Waals surface area (Å²) in [6, 6.07) is 4.82. The quantitative estimate of drug-likeness (QED) is 0.784. The molecule has 1 aromatic rings. The number of esters is 1. The third-order valence-electron chi connectivity index (χ3n) is 3.02. The van der Waals surface area contributed by atoms with Crippen LogP contribution in [0.15, 0.2) is 18.2 Å². The Hall–Kier alpha value is -1.26. The molecule has 1 fully saturated rings. The Bertz CT molecular complexity index is 529. The lowest BCUT2D eigenvalue weighted by atomic mass is 10.2. The van der Waals surface area contributed by atoms with Gasteiger partial charge < -0.3 is 9.64 Å². The number of hydrogen-bond donors (Lipinski definition) is 0. The second kappa shape index (κ2) is 6.46. The van der Waals surface area contributed by atoms with E-state index in [2.05, 4.69) is 0 Å². The predicted octanol–water partition coefficient (Wildman–Crippen LogP) is 3.16. The molecule has 1 aliphatic rings. The summed E-state index contributed by atoms with van der Waals surface area (Å²) in [5.74, 6) is -0.619. The molecule has 20 heavy (non-hydrogen) atoms. The van der Waals surface area contributed by atoms with Gasteiger partial charge in [0.2, 0.25) is 0 Å². The summed E-state index contributed by atoms with van der Waals surface area (Å²) >= 11 is 11.8. The van der Waals surface area contributed by atoms with Gasteiger partial charge in [-0.1, -0.05) is 23.2 Å². The van der Waals surface area contributed by atoms with Crippen molar-refractivity contribution in [2.45, 2.75) is 25.8 Å². The minimum absolute atomic E-state index is 0.0302. The molecule has 1 aliphatic carbocycles. The van der Waals surface area contributed by atoms with Crippen LogP contribution in [0.25, 0.3) is 0 Å². The first-order valence-electron chi connectivity index (χ1n) is 6.44. The second-order valence-electron chi connectivity index (χ2n) is 4.60. The molecule has 0 saturated heterocycles. The van der Waals surface area contributed by atoms with Gasteiger partial charge in [0.1, 0.15) is 6.54 Å². The lowest BCUT2D eigenvalue weighted by Crippen LogP contribution is -2.38. The van der Waals surface area contributed by atoms with E-state index < -0.39 is 5.97 Å². The lowest BCUT2D eigenvalue weighted by molar-refractivity contribution is -0.144. The molecule has 108 valence electrons. The molecule has 0 bridgehead atoms. The van der Waals surface area contributed by atoms with Crippen molar-refractivity contribution in [3.8, 4) is 0 Å². The van der Waals surface area contributed by atoms with Crippen LogP contribution in [-0.2, 0) is 9.53 Å². The fourth-order valence-corrected chi connectivity index (χ4v) is 2.19. The molecule has 0 unspecified atom stereocenters. The molecule has 0 N–H and O–H groups in total. The van der Waals surface area contributed by atoms with Crippen LogP contribution in [0.3, 0.4) is 0 Å². The van der Waals surface area contributed by atoms with Crippen molar-refractivity contribution in [2.75, 3.05) is 13.2 Å². The van der Waals surface area contributed by atoms with E-state index in [0.29, 0.717) is 22.2 Å². The van der Waals surface area contributed by atoms with E-state index in [9.17, 15) is 9.59 Å². The molecule has 1 aromatic carbocycles. The summed E-state index contributed by atoms with van der Waals surface area (Å²) in [7, 11) is 0. The normalized spacial score (nSPS) is 13.9. The van der Waals surface area contributed by atoms with Gasteiger partial charge in [-0.15, -0.1) is 0 Å². The number of hydrogen-bond acceptors (Lipinski definition) is 3. The van der Waals surface area contributed by atoms with E-state index in [1.165, 1.54) is 11.0 Å². The van der Waals surface area contributed by atoms with Crippen LogP contribution in [0.2, 0.25) is 10.0 Å². The fraction of sp³-hybridized carbons (Fsp3) is 0.429. The first-order chi connectivity index (χ1) is 9.52. The highest BCUT2D eigenvalue weighted by molar-refractivity contribution is 6.42. The number of carbonyl (C=O) groups excluding carboxylic acids is 2. The summed E-state index contributed by atoms with van der Waals surface area (Å²) < 4.78 is 4.90. The average Bonchev–Trinajstić information content (AvgIpc) is 3.23. The third-order valence-corrected chi connectivity index (χ3v) is 3.76. The van der Waals surface area contributed by atoms with E-state index >= 15 is 0 Å². The molecule has 0 spiro atoms. The van der Waals surface area contributed by atoms with Crippen molar-refractivity contribution in [2.24, 2.45) is 0 Å². The van der Waals surface area contributed by atoms with Crippen molar-refractivity contribution in [3.05, 3.63) is 33.8 Å². The SMILES string of the molecule is CCOC(=O)CN(C(=O)c1ccc(Cl)c(Cl)c1)C1CC1. The molecule has 0 aliphatic heterocycles. The molecule has 1 amide bonds. The van der Waals surface area contributed by atoms with Crippen LogP contribution in [0.1, 0.15) is 30.1 Å². The van der Waals surface area contributed by atoms with Gasteiger partial charge in [-0.2, -0.15) is 0 Å². The Labute approximate surface area is 127 Å². The minimum atomic E-state index is -0.396. The van der Waals surface area contributed by atoms with Gasteiger partial charge in [0.15, 0.2) is 0 Å². The van der Waals surface area contributed by atoms with Crippen molar-refractivity contribution >= 4 is 35.1 Å². The highest BCUT2D eigenvalue weighted by Gasteiger charge is 2.34. The maximum Gasteiger partial charge on any atom is 0.325 e. The van der Waals surface area contributed by atoms with Crippen LogP contribution >= 0.6 is 23.2 Å². The van der Waals surface area contributed by atoms with E-state index in [-0.39, 0.29) is 18.5 Å². The molecule has 2 rings (SSSR count). The predicted molar refractivity (Wildman–Crippen MR) is 77.2 cm³/mol. The molecule has 0 radical (unpaired) electrons. The van der Waals surface area contributed by atoms with Crippen LogP contribution < -0.4 is 0 Å². The highest BCUT2D eigenvalue weighted by atomic mass is 35.5. The van der Waals surface area contributed by atoms with Crippen LogP contribution in [-0.4, -0.2) is 36.0 Å². The topological polar surface area (TPSA) is 46.6 Å². The van der Waals surface area contributed by atoms with Crippen molar-refractivity contribution in [1.82, 2.24) is 4.90 Å². The van der Waals surface area contributed by atoms with Gasteiger partial charge in [-0.25, -0.2) is 0 Å². The van der Waals surface area contributed by atoms with E-state index in [1.807, 2.05) is 0 Å². The third kappa shape index (κ3) is 3.64. The minimum Gasteiger partial charge on any atom is -0.465 e. The molecule has 0 heterocycles. The molecule has 1 saturated carbocycles. The molecular weight excluding hydrogens is 301 g/mol. The van der Waals surface area contributed by atoms with Crippen LogP contribution in [0.5, 0.6) is 0 Å². The summed E-state index contributed by atoms with van der Waals surface area (Å²) in [5, 5.41) is 0.718. The van der Waals surface area contributed by atoms with Gasteiger partial charge in [0.05, 0.1) is 16.7 Å². The smallest absolute Gasteiger partial charge is 0.325 e. The Kier molecular flexibility index (Phi) is 4.89. The van der Waals surface area contributed by atoms with E-state index in [1.54, 1.807) is 19.1 Å². The Morgan fingerprint density at radius 1 is 1.30 bits per heavy atom. The summed E-state index contributed by atoms with van der Waals surface area (Å²) in [5.41, 5.74) is 0.426. The number of benzene rings is 1. The van der Waals surface area contributed by atoms with E-state index in [4.69, 9.17) is 27.9 Å². The Morgan fingerprint density at radius 3 is 2.55 bits per heavy atom. The van der Waals surface area contributed by atoms with E-state index in [0.717, 1.165) is 12.8 Å². The highest BCUT2D eigenvalue weighted by Crippen LogP contribution is 2.29. The summed E-state index contributed by atoms with van der Waals surface area (Å²) in [6.07, 6.45) is 1.82. The van der Waals surface area contributed by atoms with Gasteiger partial charge in [0, 0.05) is 11.6 Å². The number of rotatable bonds is 5. The van der Waals surface area contributed by atoms with Crippen molar-refractivity contribution in [1.29, 1.82) is 0 Å². The maximum atomic E-state index is 12.4. The molecule has 0 atom stereocenters. The zero-order chi connectivity index (χ0) is 14.7. The first kappa shape index (κ1) is 15.1. The fourth-order valence-electron chi connectivity index (χ4n) is 1.89. The number of amides is 1. The van der Waals surface area contributed by atoms with Gasteiger partial charge in [0.25, 0.3) is 5.91 Å². The van der Waals surface area contributed by atoms with Crippen LogP contribution in [0.4, 0.5) is 0 Å². The van der Waals surface area contributed by atoms with Gasteiger partial charge >= 0.3 is 5.97 Å². The summed E-state index contributed by atoms with van der Waals surface area (Å²) in [6.45, 7) is 2.01. The number of ether oxygens (including phenoxy) is 1. The standard InChI is InChI=1S/C14H15Cl2NO3/c1-2-20-13(18)8-17(10-4-5-10)14(19)9-3-6-11(15)12(16)7-9/h3,6-7,10H,2,4-5,8H2,1H3. The Morgan fingerprint density at radius 2 is 2.00 bits per heavy atom. The van der Waals surface area contributed by atoms with Gasteiger partial charge in [-0.3, -0.25) is 9.59 Å². The van der Waals surface area contributed by atoms with Gasteiger partial charge in [-0.05, 0) is 38.0 Å². The zero-order valence-corrected chi connectivity index (χ0v) is 12.6. The zero-order valence-electron chi connectivity index (χ0n) is 11.1. The van der Waals surface area contributed by atoms with Crippen molar-refractivity contribution in [3.63, 3.8) is 0 Å². The number of carbonyl (C=O) groups is 2. The molecule has 6 heteroatoms. The number of nitrogens with zero attached hydrogens (tertiary/aromatic N) is 1. The second-order valence-corrected chi connectivity index (χ2v) is 5.41. The Balaban J connectivity index is 2.14. The summed E-state index contributed by atoms with van der Waals surface area (Å²) in [4.78, 5) is 25.6. The molecule has 0 aromatic heterocycles. The first-order valence-corrected chi connectivity index (χ1v) is 7.20. The monoisotopic (exact) mass is 315 g/mol. The van der Waals surface area contributed by atoms with Crippen LogP contribution in [0, 0.1) is 0 Å². The largest absolute Gasteiger partial charge is 0.465 e.